The maximum Gasteiger partial charge on any atom is 0.254 e. The Labute approximate surface area is 139 Å². The van der Waals surface area contributed by atoms with Gasteiger partial charge in [0.2, 0.25) is 0 Å². The molecule has 0 unspecified atom stereocenters. The van der Waals surface area contributed by atoms with Gasteiger partial charge in [-0.3, -0.25) is 9.48 Å². The van der Waals surface area contributed by atoms with Crippen LogP contribution in [0, 0.1) is 4.64 Å². The summed E-state index contributed by atoms with van der Waals surface area (Å²) in [5, 5.41) is 7.06. The average Bonchev–Trinajstić information content (AvgIpc) is 3.07. The lowest BCUT2D eigenvalue weighted by Gasteiger charge is -2.07. The second kappa shape index (κ2) is 7.02. The molecule has 3 aromatic rings. The highest BCUT2D eigenvalue weighted by Crippen LogP contribution is 2.07. The monoisotopic (exact) mass is 324 g/mol. The van der Waals surface area contributed by atoms with Gasteiger partial charge < -0.3 is 10.3 Å². The Morgan fingerprint density at radius 1 is 1.17 bits per heavy atom. The molecule has 0 radical (unpaired) electrons. The maximum absolute atomic E-state index is 12.1. The van der Waals surface area contributed by atoms with Crippen molar-refractivity contribution in [1.82, 2.24) is 20.1 Å². The molecule has 1 amide bonds. The summed E-state index contributed by atoms with van der Waals surface area (Å²) in [6.07, 6.45) is 5.40. The van der Waals surface area contributed by atoms with Gasteiger partial charge in [-0.2, -0.15) is 5.10 Å². The standard InChI is InChI=1S/C17H16N4OS/c22-16(15-3-1-8-18-17(15)23)19-11-13-4-6-14(7-5-13)12-21-10-2-9-20-21/h1-10H,11-12H2,(H,18,23)(H,19,22). The van der Waals surface area contributed by atoms with Crippen molar-refractivity contribution in [3.05, 3.63) is 82.4 Å². The third-order valence-corrected chi connectivity index (χ3v) is 3.78. The van der Waals surface area contributed by atoms with Crippen molar-refractivity contribution >= 4 is 18.1 Å². The fourth-order valence-electron chi connectivity index (χ4n) is 2.22. The first-order valence-corrected chi connectivity index (χ1v) is 7.64. The van der Waals surface area contributed by atoms with E-state index < -0.39 is 0 Å². The Bertz CT molecular complexity index is 838. The Balaban J connectivity index is 1.59. The number of aromatic nitrogens is 3. The molecule has 6 heteroatoms. The molecule has 0 bridgehead atoms. The van der Waals surface area contributed by atoms with Crippen molar-refractivity contribution in [2.45, 2.75) is 13.1 Å². The van der Waals surface area contributed by atoms with Gasteiger partial charge in [0.1, 0.15) is 4.64 Å². The minimum Gasteiger partial charge on any atom is -0.352 e. The highest BCUT2D eigenvalue weighted by atomic mass is 32.1. The van der Waals surface area contributed by atoms with Crippen molar-refractivity contribution in [1.29, 1.82) is 0 Å². The van der Waals surface area contributed by atoms with Crippen LogP contribution >= 0.6 is 12.2 Å². The van der Waals surface area contributed by atoms with E-state index in [1.165, 1.54) is 0 Å². The summed E-state index contributed by atoms with van der Waals surface area (Å²) in [4.78, 5) is 15.0. The van der Waals surface area contributed by atoms with Crippen LogP contribution in [0.25, 0.3) is 0 Å². The van der Waals surface area contributed by atoms with Gasteiger partial charge >= 0.3 is 0 Å². The normalized spacial score (nSPS) is 10.4. The Kier molecular flexibility index (Phi) is 4.63. The molecule has 23 heavy (non-hydrogen) atoms. The van der Waals surface area contributed by atoms with E-state index in [0.717, 1.165) is 17.7 Å². The van der Waals surface area contributed by atoms with Gasteiger partial charge in [-0.25, -0.2) is 0 Å². The lowest BCUT2D eigenvalue weighted by Crippen LogP contribution is -2.23. The lowest BCUT2D eigenvalue weighted by molar-refractivity contribution is 0.0950. The molecule has 1 aromatic carbocycles. The Morgan fingerprint density at radius 2 is 1.96 bits per heavy atom. The first-order chi connectivity index (χ1) is 11.2. The quantitative estimate of drug-likeness (QED) is 0.709. The summed E-state index contributed by atoms with van der Waals surface area (Å²) in [5.41, 5.74) is 2.68. The maximum atomic E-state index is 12.1. The molecule has 0 saturated heterocycles. The minimum absolute atomic E-state index is 0.174. The van der Waals surface area contributed by atoms with E-state index in [-0.39, 0.29) is 5.91 Å². The van der Waals surface area contributed by atoms with Gasteiger partial charge in [0.05, 0.1) is 12.1 Å². The summed E-state index contributed by atoms with van der Waals surface area (Å²) in [5.74, 6) is -0.174. The predicted octanol–water partition coefficient (Wildman–Crippen LogP) is 2.92. The Hall–Kier alpha value is -2.73. The number of nitrogens with one attached hydrogen (secondary N) is 2. The molecule has 0 aliphatic rings. The Morgan fingerprint density at radius 3 is 2.65 bits per heavy atom. The number of amides is 1. The van der Waals surface area contributed by atoms with Crippen molar-refractivity contribution < 1.29 is 4.79 Å². The molecule has 0 spiro atoms. The van der Waals surface area contributed by atoms with Gasteiger partial charge in [-0.1, -0.05) is 36.5 Å². The van der Waals surface area contributed by atoms with Gasteiger partial charge in [-0.15, -0.1) is 0 Å². The molecule has 2 heterocycles. The average molecular weight is 324 g/mol. The van der Waals surface area contributed by atoms with Crippen LogP contribution in [-0.4, -0.2) is 20.7 Å². The van der Waals surface area contributed by atoms with E-state index in [4.69, 9.17) is 12.2 Å². The molecule has 2 N–H and O–H groups in total. The first kappa shape index (κ1) is 15.2. The zero-order valence-corrected chi connectivity index (χ0v) is 13.2. The van der Waals surface area contributed by atoms with E-state index in [9.17, 15) is 4.79 Å². The fourth-order valence-corrected chi connectivity index (χ4v) is 2.45. The van der Waals surface area contributed by atoms with E-state index in [0.29, 0.717) is 16.7 Å². The van der Waals surface area contributed by atoms with Crippen LogP contribution in [0.1, 0.15) is 21.5 Å². The SMILES string of the molecule is O=C(NCc1ccc(Cn2cccn2)cc1)c1ccc[nH]c1=S. The van der Waals surface area contributed by atoms with E-state index in [1.54, 1.807) is 24.5 Å². The van der Waals surface area contributed by atoms with E-state index in [2.05, 4.69) is 15.4 Å². The number of nitrogens with zero attached hydrogens (tertiary/aromatic N) is 2. The molecule has 2 aromatic heterocycles. The number of carbonyl (C=O) groups is 1. The summed E-state index contributed by atoms with van der Waals surface area (Å²) >= 11 is 5.11. The largest absolute Gasteiger partial charge is 0.352 e. The zero-order valence-electron chi connectivity index (χ0n) is 12.4. The number of pyridine rings is 1. The molecule has 0 fully saturated rings. The van der Waals surface area contributed by atoms with E-state index in [1.807, 2.05) is 41.2 Å². The van der Waals surface area contributed by atoms with Crippen LogP contribution in [0.15, 0.2) is 61.1 Å². The summed E-state index contributed by atoms with van der Waals surface area (Å²) in [6.45, 7) is 1.20. The van der Waals surface area contributed by atoms with Crippen LogP contribution in [0.5, 0.6) is 0 Å². The van der Waals surface area contributed by atoms with Gasteiger partial charge in [0, 0.05) is 25.1 Å². The molecule has 0 aliphatic heterocycles. The first-order valence-electron chi connectivity index (χ1n) is 7.23. The summed E-state index contributed by atoms with van der Waals surface area (Å²) in [7, 11) is 0. The summed E-state index contributed by atoms with van der Waals surface area (Å²) in [6, 6.07) is 13.5. The van der Waals surface area contributed by atoms with Gasteiger partial charge in [-0.05, 0) is 29.3 Å². The molecule has 0 atom stereocenters. The van der Waals surface area contributed by atoms with Crippen LogP contribution in [-0.2, 0) is 13.1 Å². The summed E-state index contributed by atoms with van der Waals surface area (Å²) < 4.78 is 2.31. The molecular formula is C17H16N4OS. The van der Waals surface area contributed by atoms with Crippen molar-refractivity contribution in [3.8, 4) is 0 Å². The number of benzene rings is 1. The van der Waals surface area contributed by atoms with Gasteiger partial charge in [0.15, 0.2) is 0 Å². The number of carbonyl (C=O) groups excluding carboxylic acids is 1. The number of hydrogen-bond donors (Lipinski definition) is 2. The topological polar surface area (TPSA) is 62.7 Å². The van der Waals surface area contributed by atoms with Crippen molar-refractivity contribution in [3.63, 3.8) is 0 Å². The van der Waals surface area contributed by atoms with Crippen molar-refractivity contribution in [2.24, 2.45) is 0 Å². The fraction of sp³-hybridized carbons (Fsp3) is 0.118. The third kappa shape index (κ3) is 3.92. The molecule has 116 valence electrons. The van der Waals surface area contributed by atoms with Crippen LogP contribution in [0.4, 0.5) is 0 Å². The van der Waals surface area contributed by atoms with Crippen molar-refractivity contribution in [2.75, 3.05) is 0 Å². The van der Waals surface area contributed by atoms with E-state index >= 15 is 0 Å². The van der Waals surface area contributed by atoms with Gasteiger partial charge in [0.25, 0.3) is 5.91 Å². The smallest absolute Gasteiger partial charge is 0.254 e. The highest BCUT2D eigenvalue weighted by molar-refractivity contribution is 7.71. The van der Waals surface area contributed by atoms with Crippen LogP contribution in [0.2, 0.25) is 0 Å². The number of hydrogen-bond acceptors (Lipinski definition) is 3. The predicted molar refractivity (Wildman–Crippen MR) is 90.6 cm³/mol. The highest BCUT2D eigenvalue weighted by Gasteiger charge is 2.06. The minimum atomic E-state index is -0.174. The number of H-pyrrole nitrogens is 1. The van der Waals surface area contributed by atoms with Crippen LogP contribution < -0.4 is 5.32 Å². The second-order valence-corrected chi connectivity index (χ2v) is 5.52. The lowest BCUT2D eigenvalue weighted by atomic mass is 10.1. The molecule has 3 rings (SSSR count). The van der Waals surface area contributed by atoms with Crippen LogP contribution in [0.3, 0.4) is 0 Å². The molecular weight excluding hydrogens is 308 g/mol. The zero-order chi connectivity index (χ0) is 16.1. The number of rotatable bonds is 5. The number of aromatic amines is 1. The third-order valence-electron chi connectivity index (χ3n) is 3.44. The molecule has 0 saturated carbocycles. The molecule has 0 aliphatic carbocycles. The molecule has 5 nitrogen and oxygen atoms in total. The second-order valence-electron chi connectivity index (χ2n) is 5.12.